The van der Waals surface area contributed by atoms with Crippen LogP contribution in [-0.2, 0) is 11.3 Å². The van der Waals surface area contributed by atoms with Gasteiger partial charge in [0.1, 0.15) is 5.75 Å². The zero-order valence-electron chi connectivity index (χ0n) is 8.62. The Morgan fingerprint density at radius 2 is 2.13 bits per heavy atom. The van der Waals surface area contributed by atoms with Crippen molar-refractivity contribution < 1.29 is 9.53 Å². The molecular formula is C12H13NO2. The number of nitrogens with one attached hydrogen (secondary N) is 1. The number of benzene rings is 1. The maximum Gasteiger partial charge on any atom is 0.295 e. The third kappa shape index (κ3) is 3.74. The van der Waals surface area contributed by atoms with Gasteiger partial charge in [-0.2, -0.15) is 0 Å². The minimum Gasteiger partial charge on any atom is -0.494 e. The van der Waals surface area contributed by atoms with Crippen LogP contribution in [0.2, 0.25) is 0 Å². The van der Waals surface area contributed by atoms with Crippen molar-refractivity contribution in [1.29, 1.82) is 0 Å². The molecule has 1 aromatic rings. The van der Waals surface area contributed by atoms with Gasteiger partial charge >= 0.3 is 0 Å². The summed E-state index contributed by atoms with van der Waals surface area (Å²) in [5.74, 6) is 2.42. The summed E-state index contributed by atoms with van der Waals surface area (Å²) >= 11 is 0. The molecule has 0 aliphatic carbocycles. The predicted molar refractivity (Wildman–Crippen MR) is 58.3 cm³/mol. The number of amides is 1. The number of rotatable bonds is 4. The molecule has 0 radical (unpaired) electrons. The minimum atomic E-state index is -0.399. The van der Waals surface area contributed by atoms with E-state index in [1.54, 1.807) is 0 Å². The highest BCUT2D eigenvalue weighted by molar-refractivity contribution is 5.92. The Balaban J connectivity index is 2.50. The SMILES string of the molecule is C#CC(=O)NCc1ccc(OCC)cc1. The molecule has 0 heterocycles. The van der Waals surface area contributed by atoms with Crippen LogP contribution >= 0.6 is 0 Å². The second kappa shape index (κ2) is 5.71. The third-order valence-electron chi connectivity index (χ3n) is 1.82. The summed E-state index contributed by atoms with van der Waals surface area (Å²) in [5.41, 5.74) is 0.988. The molecule has 0 saturated carbocycles. The second-order valence-corrected chi connectivity index (χ2v) is 2.90. The molecule has 0 spiro atoms. The summed E-state index contributed by atoms with van der Waals surface area (Å²) < 4.78 is 5.29. The van der Waals surface area contributed by atoms with Gasteiger partial charge < -0.3 is 10.1 Å². The van der Waals surface area contributed by atoms with Crippen LogP contribution in [0.25, 0.3) is 0 Å². The van der Waals surface area contributed by atoms with Gasteiger partial charge in [0.05, 0.1) is 6.61 Å². The van der Waals surface area contributed by atoms with E-state index < -0.39 is 5.91 Å². The average Bonchev–Trinajstić information content (AvgIpc) is 2.28. The Hall–Kier alpha value is -1.95. The summed E-state index contributed by atoms with van der Waals surface area (Å²) in [5, 5.41) is 2.58. The van der Waals surface area contributed by atoms with Crippen molar-refractivity contribution in [2.45, 2.75) is 13.5 Å². The normalized spacial score (nSPS) is 9.07. The Labute approximate surface area is 89.4 Å². The lowest BCUT2D eigenvalue weighted by Crippen LogP contribution is -2.20. The first-order valence-electron chi connectivity index (χ1n) is 4.72. The summed E-state index contributed by atoms with van der Waals surface area (Å²) in [6.07, 6.45) is 4.92. The van der Waals surface area contributed by atoms with Gasteiger partial charge in [-0.3, -0.25) is 4.79 Å². The van der Waals surface area contributed by atoms with Gasteiger partial charge in [-0.15, -0.1) is 6.42 Å². The molecule has 3 nitrogen and oxygen atoms in total. The number of terminal acetylenes is 1. The molecule has 0 unspecified atom stereocenters. The molecule has 78 valence electrons. The van der Waals surface area contributed by atoms with Gasteiger partial charge in [-0.25, -0.2) is 0 Å². The van der Waals surface area contributed by atoms with Gasteiger partial charge in [0, 0.05) is 6.54 Å². The van der Waals surface area contributed by atoms with Gasteiger partial charge in [-0.1, -0.05) is 12.1 Å². The van der Waals surface area contributed by atoms with Gasteiger partial charge in [0.2, 0.25) is 0 Å². The summed E-state index contributed by atoms with van der Waals surface area (Å²) in [6, 6.07) is 7.51. The molecule has 15 heavy (non-hydrogen) atoms. The Bertz CT molecular complexity index is 362. The van der Waals surface area contributed by atoms with Gasteiger partial charge in [0.15, 0.2) is 0 Å². The highest BCUT2D eigenvalue weighted by atomic mass is 16.5. The maximum atomic E-state index is 10.8. The van der Waals surface area contributed by atoms with E-state index in [0.29, 0.717) is 13.2 Å². The van der Waals surface area contributed by atoms with E-state index in [1.807, 2.05) is 37.1 Å². The van der Waals surface area contributed by atoms with Crippen molar-refractivity contribution >= 4 is 5.91 Å². The fraction of sp³-hybridized carbons (Fsp3) is 0.250. The van der Waals surface area contributed by atoms with Crippen LogP contribution in [0.4, 0.5) is 0 Å². The first-order chi connectivity index (χ1) is 7.26. The lowest BCUT2D eigenvalue weighted by molar-refractivity contribution is -0.115. The summed E-state index contributed by atoms with van der Waals surface area (Å²) in [6.45, 7) is 3.02. The van der Waals surface area contributed by atoms with Crippen molar-refractivity contribution in [2.24, 2.45) is 0 Å². The highest BCUT2D eigenvalue weighted by Crippen LogP contribution is 2.11. The predicted octanol–water partition coefficient (Wildman–Crippen LogP) is 1.33. The van der Waals surface area contributed by atoms with Crippen molar-refractivity contribution in [3.63, 3.8) is 0 Å². The van der Waals surface area contributed by atoms with E-state index in [4.69, 9.17) is 11.2 Å². The maximum absolute atomic E-state index is 10.8. The quantitative estimate of drug-likeness (QED) is 0.750. The van der Waals surface area contributed by atoms with Crippen LogP contribution in [-0.4, -0.2) is 12.5 Å². The van der Waals surface area contributed by atoms with Crippen molar-refractivity contribution in [3.05, 3.63) is 29.8 Å². The smallest absolute Gasteiger partial charge is 0.295 e. The molecular weight excluding hydrogens is 190 g/mol. The van der Waals surface area contributed by atoms with Crippen LogP contribution in [0.15, 0.2) is 24.3 Å². The lowest BCUT2D eigenvalue weighted by atomic mass is 10.2. The molecule has 0 bridgehead atoms. The van der Waals surface area contributed by atoms with E-state index in [2.05, 4.69) is 5.32 Å². The first kappa shape index (κ1) is 11.1. The Kier molecular flexibility index (Phi) is 4.24. The van der Waals surface area contributed by atoms with Crippen LogP contribution < -0.4 is 10.1 Å². The molecule has 3 heteroatoms. The minimum absolute atomic E-state index is 0.399. The highest BCUT2D eigenvalue weighted by Gasteiger charge is 1.97. The van der Waals surface area contributed by atoms with Crippen LogP contribution in [0.5, 0.6) is 5.75 Å². The summed E-state index contributed by atoms with van der Waals surface area (Å²) in [4.78, 5) is 10.8. The van der Waals surface area contributed by atoms with E-state index in [9.17, 15) is 4.79 Å². The topological polar surface area (TPSA) is 38.3 Å². The Morgan fingerprint density at radius 3 is 2.67 bits per heavy atom. The Morgan fingerprint density at radius 1 is 1.47 bits per heavy atom. The number of hydrogen-bond donors (Lipinski definition) is 1. The largest absolute Gasteiger partial charge is 0.494 e. The van der Waals surface area contributed by atoms with Crippen LogP contribution in [0.1, 0.15) is 12.5 Å². The molecule has 0 saturated heterocycles. The molecule has 1 rings (SSSR count). The van der Waals surface area contributed by atoms with Gasteiger partial charge in [0.25, 0.3) is 5.91 Å². The fourth-order valence-electron chi connectivity index (χ4n) is 1.10. The third-order valence-corrected chi connectivity index (χ3v) is 1.82. The van der Waals surface area contributed by atoms with Crippen molar-refractivity contribution in [1.82, 2.24) is 5.32 Å². The van der Waals surface area contributed by atoms with E-state index in [-0.39, 0.29) is 0 Å². The molecule has 0 fully saturated rings. The molecule has 1 aromatic carbocycles. The first-order valence-corrected chi connectivity index (χ1v) is 4.72. The number of ether oxygens (including phenoxy) is 1. The monoisotopic (exact) mass is 203 g/mol. The molecule has 0 aliphatic heterocycles. The van der Waals surface area contributed by atoms with Crippen LogP contribution in [0, 0.1) is 12.3 Å². The molecule has 0 aliphatic rings. The molecule has 1 amide bonds. The van der Waals surface area contributed by atoms with Crippen LogP contribution in [0.3, 0.4) is 0 Å². The zero-order chi connectivity index (χ0) is 11.1. The van der Waals surface area contributed by atoms with Crippen molar-refractivity contribution in [2.75, 3.05) is 6.61 Å². The second-order valence-electron chi connectivity index (χ2n) is 2.90. The summed E-state index contributed by atoms with van der Waals surface area (Å²) in [7, 11) is 0. The standard InChI is InChI=1S/C12H13NO2/c1-3-12(14)13-9-10-5-7-11(8-6-10)15-4-2/h1,5-8H,4,9H2,2H3,(H,13,14). The number of hydrogen-bond acceptors (Lipinski definition) is 2. The number of carbonyl (C=O) groups excluding carboxylic acids is 1. The zero-order valence-corrected chi connectivity index (χ0v) is 8.62. The molecule has 1 N–H and O–H groups in total. The van der Waals surface area contributed by atoms with E-state index >= 15 is 0 Å². The van der Waals surface area contributed by atoms with Crippen molar-refractivity contribution in [3.8, 4) is 18.1 Å². The molecule has 0 atom stereocenters. The molecule has 0 aromatic heterocycles. The van der Waals surface area contributed by atoms with Gasteiger partial charge in [-0.05, 0) is 30.5 Å². The average molecular weight is 203 g/mol. The lowest BCUT2D eigenvalue weighted by Gasteiger charge is -2.04. The van der Waals surface area contributed by atoms with E-state index in [1.165, 1.54) is 0 Å². The van der Waals surface area contributed by atoms with E-state index in [0.717, 1.165) is 11.3 Å². The fourth-order valence-corrected chi connectivity index (χ4v) is 1.10. The number of carbonyl (C=O) groups is 1.